The van der Waals surface area contributed by atoms with Crippen LogP contribution in [0, 0.1) is 5.92 Å². The van der Waals surface area contributed by atoms with Gasteiger partial charge in [-0.05, 0) is 37.0 Å². The second-order valence-corrected chi connectivity index (χ2v) is 6.02. The lowest BCUT2D eigenvalue weighted by atomic mass is 10.2. The molecule has 3 rings (SSSR count). The van der Waals surface area contributed by atoms with Crippen LogP contribution in [0.15, 0.2) is 24.3 Å². The largest absolute Gasteiger partial charge is 0.368 e. The number of rotatable bonds is 3. The van der Waals surface area contributed by atoms with E-state index in [1.807, 2.05) is 23.1 Å². The fraction of sp³-hybridized carbons (Fsp3) is 0.533. The molecule has 1 heterocycles. The van der Waals surface area contributed by atoms with Gasteiger partial charge in [0.05, 0.1) is 0 Å². The molecule has 20 heavy (non-hydrogen) atoms. The zero-order valence-corrected chi connectivity index (χ0v) is 12.3. The molecule has 0 atom stereocenters. The molecular formula is C15H20ClN3O. The summed E-state index contributed by atoms with van der Waals surface area (Å²) in [5.74, 6) is 0.728. The highest BCUT2D eigenvalue weighted by Crippen LogP contribution is 2.27. The number of hydrogen-bond donors (Lipinski definition) is 1. The van der Waals surface area contributed by atoms with Crippen molar-refractivity contribution in [2.24, 2.45) is 5.92 Å². The summed E-state index contributed by atoms with van der Waals surface area (Å²) in [4.78, 5) is 16.2. The Morgan fingerprint density at radius 1 is 1.25 bits per heavy atom. The van der Waals surface area contributed by atoms with Crippen LogP contribution in [0.25, 0.3) is 0 Å². The van der Waals surface area contributed by atoms with Crippen LogP contribution in [-0.4, -0.2) is 43.7 Å². The van der Waals surface area contributed by atoms with Crippen molar-refractivity contribution in [3.05, 3.63) is 29.3 Å². The number of urea groups is 1. The first kappa shape index (κ1) is 13.6. The van der Waals surface area contributed by atoms with Gasteiger partial charge >= 0.3 is 6.03 Å². The molecule has 5 heteroatoms. The standard InChI is InChI=1S/C15H20ClN3O/c16-13-2-1-3-14(10-13)18-6-8-19(9-7-18)15(20)17-11-12-4-5-12/h1-3,10,12H,4-9,11H2,(H,17,20). The van der Waals surface area contributed by atoms with Crippen LogP contribution >= 0.6 is 11.6 Å². The SMILES string of the molecule is O=C(NCC1CC1)N1CCN(c2cccc(Cl)c2)CC1. The molecule has 0 bridgehead atoms. The summed E-state index contributed by atoms with van der Waals surface area (Å²) in [6.07, 6.45) is 2.53. The van der Waals surface area contributed by atoms with E-state index in [2.05, 4.69) is 16.3 Å². The van der Waals surface area contributed by atoms with Crippen LogP contribution in [0.1, 0.15) is 12.8 Å². The Balaban J connectivity index is 1.49. The van der Waals surface area contributed by atoms with E-state index in [-0.39, 0.29) is 6.03 Å². The second-order valence-electron chi connectivity index (χ2n) is 5.58. The Bertz CT molecular complexity index is 482. The third-order valence-electron chi connectivity index (χ3n) is 3.98. The Labute approximate surface area is 124 Å². The summed E-state index contributed by atoms with van der Waals surface area (Å²) in [6, 6.07) is 7.97. The van der Waals surface area contributed by atoms with E-state index in [9.17, 15) is 4.79 Å². The summed E-state index contributed by atoms with van der Waals surface area (Å²) in [7, 11) is 0. The maximum atomic E-state index is 12.0. The molecule has 1 aliphatic carbocycles. The minimum Gasteiger partial charge on any atom is -0.368 e. The van der Waals surface area contributed by atoms with Gasteiger partial charge in [0, 0.05) is 43.4 Å². The normalized spacial score (nSPS) is 19.1. The summed E-state index contributed by atoms with van der Waals surface area (Å²) >= 11 is 6.02. The summed E-state index contributed by atoms with van der Waals surface area (Å²) in [5.41, 5.74) is 1.13. The fourth-order valence-electron chi connectivity index (χ4n) is 2.51. The predicted octanol–water partition coefficient (Wildman–Crippen LogP) is 2.58. The lowest BCUT2D eigenvalue weighted by Gasteiger charge is -2.36. The van der Waals surface area contributed by atoms with Crippen LogP contribution < -0.4 is 10.2 Å². The molecule has 1 aliphatic heterocycles. The van der Waals surface area contributed by atoms with Crippen molar-refractivity contribution in [3.63, 3.8) is 0 Å². The Morgan fingerprint density at radius 2 is 2.00 bits per heavy atom. The number of nitrogens with zero attached hydrogens (tertiary/aromatic N) is 2. The van der Waals surface area contributed by atoms with Crippen molar-refractivity contribution in [2.45, 2.75) is 12.8 Å². The minimum absolute atomic E-state index is 0.0858. The first-order valence-electron chi connectivity index (χ1n) is 7.25. The zero-order chi connectivity index (χ0) is 13.9. The molecule has 1 saturated heterocycles. The predicted molar refractivity (Wildman–Crippen MR) is 81.4 cm³/mol. The molecule has 2 aliphatic rings. The zero-order valence-electron chi connectivity index (χ0n) is 11.5. The van der Waals surface area contributed by atoms with Crippen LogP contribution in [0.2, 0.25) is 5.02 Å². The number of anilines is 1. The molecule has 2 amide bonds. The van der Waals surface area contributed by atoms with E-state index in [1.54, 1.807) is 0 Å². The molecule has 4 nitrogen and oxygen atoms in total. The number of halogens is 1. The maximum absolute atomic E-state index is 12.0. The van der Waals surface area contributed by atoms with Crippen molar-refractivity contribution < 1.29 is 4.79 Å². The van der Waals surface area contributed by atoms with Crippen molar-refractivity contribution in [1.29, 1.82) is 0 Å². The van der Waals surface area contributed by atoms with Gasteiger partial charge in [-0.3, -0.25) is 0 Å². The van der Waals surface area contributed by atoms with E-state index in [0.717, 1.165) is 49.4 Å². The number of benzene rings is 1. The fourth-order valence-corrected chi connectivity index (χ4v) is 2.69. The number of amides is 2. The number of nitrogens with one attached hydrogen (secondary N) is 1. The van der Waals surface area contributed by atoms with E-state index in [1.165, 1.54) is 12.8 Å². The van der Waals surface area contributed by atoms with Crippen molar-refractivity contribution in [1.82, 2.24) is 10.2 Å². The number of piperazine rings is 1. The van der Waals surface area contributed by atoms with Gasteiger partial charge in [-0.1, -0.05) is 17.7 Å². The first-order chi connectivity index (χ1) is 9.72. The molecule has 0 aromatic heterocycles. The van der Waals surface area contributed by atoms with Gasteiger partial charge in [0.2, 0.25) is 0 Å². The topological polar surface area (TPSA) is 35.6 Å². The monoisotopic (exact) mass is 293 g/mol. The summed E-state index contributed by atoms with van der Waals surface area (Å²) in [6.45, 7) is 4.09. The van der Waals surface area contributed by atoms with Gasteiger partial charge in [0.1, 0.15) is 0 Å². The molecular weight excluding hydrogens is 274 g/mol. The lowest BCUT2D eigenvalue weighted by molar-refractivity contribution is 0.194. The maximum Gasteiger partial charge on any atom is 0.317 e. The van der Waals surface area contributed by atoms with Crippen LogP contribution in [0.5, 0.6) is 0 Å². The molecule has 108 valence electrons. The minimum atomic E-state index is 0.0858. The van der Waals surface area contributed by atoms with E-state index in [0.29, 0.717) is 0 Å². The van der Waals surface area contributed by atoms with Crippen molar-refractivity contribution in [3.8, 4) is 0 Å². The third kappa shape index (κ3) is 3.37. The molecule has 0 spiro atoms. The van der Waals surface area contributed by atoms with Gasteiger partial charge in [0.25, 0.3) is 0 Å². The Kier molecular flexibility index (Phi) is 4.01. The van der Waals surface area contributed by atoms with Crippen molar-refractivity contribution >= 4 is 23.3 Å². The molecule has 1 saturated carbocycles. The second kappa shape index (κ2) is 5.92. The molecule has 2 fully saturated rings. The van der Waals surface area contributed by atoms with E-state index < -0.39 is 0 Å². The van der Waals surface area contributed by atoms with Crippen LogP contribution in [0.4, 0.5) is 10.5 Å². The van der Waals surface area contributed by atoms with Gasteiger partial charge < -0.3 is 15.1 Å². The van der Waals surface area contributed by atoms with Crippen LogP contribution in [-0.2, 0) is 0 Å². The Morgan fingerprint density at radius 3 is 2.65 bits per heavy atom. The summed E-state index contributed by atoms with van der Waals surface area (Å²) in [5, 5.41) is 3.78. The quantitative estimate of drug-likeness (QED) is 0.930. The number of carbonyl (C=O) groups excluding carboxylic acids is 1. The average molecular weight is 294 g/mol. The number of hydrogen-bond acceptors (Lipinski definition) is 2. The van der Waals surface area contributed by atoms with Gasteiger partial charge in [-0.25, -0.2) is 4.79 Å². The average Bonchev–Trinajstić information content (AvgIpc) is 3.29. The Hall–Kier alpha value is -1.42. The molecule has 1 N–H and O–H groups in total. The molecule has 0 unspecified atom stereocenters. The number of carbonyl (C=O) groups is 1. The highest BCUT2D eigenvalue weighted by atomic mass is 35.5. The van der Waals surface area contributed by atoms with Crippen molar-refractivity contribution in [2.75, 3.05) is 37.6 Å². The smallest absolute Gasteiger partial charge is 0.317 e. The highest BCUT2D eigenvalue weighted by Gasteiger charge is 2.25. The highest BCUT2D eigenvalue weighted by molar-refractivity contribution is 6.30. The van der Waals surface area contributed by atoms with Gasteiger partial charge in [-0.15, -0.1) is 0 Å². The van der Waals surface area contributed by atoms with Gasteiger partial charge in [0.15, 0.2) is 0 Å². The third-order valence-corrected chi connectivity index (χ3v) is 4.21. The van der Waals surface area contributed by atoms with Gasteiger partial charge in [-0.2, -0.15) is 0 Å². The summed E-state index contributed by atoms with van der Waals surface area (Å²) < 4.78 is 0. The first-order valence-corrected chi connectivity index (χ1v) is 7.63. The van der Waals surface area contributed by atoms with Crippen LogP contribution in [0.3, 0.4) is 0 Å². The molecule has 1 aromatic rings. The molecule has 1 aromatic carbocycles. The van der Waals surface area contributed by atoms with E-state index >= 15 is 0 Å². The van der Waals surface area contributed by atoms with E-state index in [4.69, 9.17) is 11.6 Å². The molecule has 0 radical (unpaired) electrons. The lowest BCUT2D eigenvalue weighted by Crippen LogP contribution is -2.52.